The molecule has 3 nitrogen and oxygen atoms in total. The van der Waals surface area contributed by atoms with E-state index in [4.69, 9.17) is 0 Å². The maximum atomic E-state index is 10.1. The Kier molecular flexibility index (Phi) is 3.48. The third-order valence-electron chi connectivity index (χ3n) is 0.467. The fourth-order valence-electron chi connectivity index (χ4n) is 0.223. The summed E-state index contributed by atoms with van der Waals surface area (Å²) in [5.41, 5.74) is 0. The molecule has 0 heterocycles. The molecule has 0 aromatic carbocycles. The molecular formula is C5H6O3. The molecule has 0 radical (unpaired) electrons. The Bertz CT molecular complexity index is 115. The minimum absolute atomic E-state index is 0.0995. The monoisotopic (exact) mass is 114 g/mol. The van der Waals surface area contributed by atoms with Gasteiger partial charge in [-0.3, -0.25) is 4.79 Å². The van der Waals surface area contributed by atoms with E-state index < -0.39 is 5.97 Å². The van der Waals surface area contributed by atoms with Crippen LogP contribution in [-0.4, -0.2) is 12.4 Å². The molecular weight excluding hydrogens is 108 g/mol. The number of allylic oxidation sites excluding steroid dienone is 1. The van der Waals surface area contributed by atoms with Crippen molar-refractivity contribution in [1.82, 2.24) is 0 Å². The molecule has 3 heteroatoms. The van der Waals surface area contributed by atoms with Crippen LogP contribution in [0.3, 0.4) is 0 Å². The Labute approximate surface area is 46.9 Å². The summed E-state index contributed by atoms with van der Waals surface area (Å²) in [6.45, 7) is 1.76. The highest BCUT2D eigenvalue weighted by molar-refractivity contribution is 5.86. The van der Waals surface area contributed by atoms with Crippen LogP contribution in [0.2, 0.25) is 0 Å². The van der Waals surface area contributed by atoms with Crippen molar-refractivity contribution in [1.29, 1.82) is 0 Å². The molecule has 0 aliphatic carbocycles. The van der Waals surface area contributed by atoms with E-state index in [0.29, 0.717) is 0 Å². The lowest BCUT2D eigenvalue weighted by atomic mass is 10.5. The molecule has 8 heavy (non-hydrogen) atoms. The Balaban J connectivity index is 3.48. The maximum absolute atomic E-state index is 10.1. The predicted molar refractivity (Wildman–Crippen MR) is 27.0 cm³/mol. The fraction of sp³-hybridized carbons (Fsp3) is 0.200. The van der Waals surface area contributed by atoms with Gasteiger partial charge in [-0.15, -0.1) is 0 Å². The third kappa shape index (κ3) is 3.08. The highest BCUT2D eigenvalue weighted by atomic mass is 16.6. The van der Waals surface area contributed by atoms with E-state index in [1.807, 2.05) is 0 Å². The summed E-state index contributed by atoms with van der Waals surface area (Å²) >= 11 is 0. The number of ether oxygens (including phenoxy) is 1. The van der Waals surface area contributed by atoms with Crippen LogP contribution in [0.15, 0.2) is 12.2 Å². The van der Waals surface area contributed by atoms with E-state index in [1.165, 1.54) is 6.08 Å². The second kappa shape index (κ2) is 4.05. The van der Waals surface area contributed by atoms with E-state index in [2.05, 4.69) is 4.74 Å². The fourth-order valence-corrected chi connectivity index (χ4v) is 0.223. The van der Waals surface area contributed by atoms with E-state index in [9.17, 15) is 9.59 Å². The first-order valence-electron chi connectivity index (χ1n) is 2.08. The van der Waals surface area contributed by atoms with E-state index in [1.54, 1.807) is 6.92 Å². The predicted octanol–water partition coefficient (Wildman–Crippen LogP) is 0.262. The third-order valence-corrected chi connectivity index (χ3v) is 0.467. The topological polar surface area (TPSA) is 43.4 Å². The minimum Gasteiger partial charge on any atom is -0.392 e. The molecule has 44 valence electrons. The summed E-state index contributed by atoms with van der Waals surface area (Å²) in [5.74, 6) is -0.637. The van der Waals surface area contributed by atoms with Crippen molar-refractivity contribution < 1.29 is 14.3 Å². The van der Waals surface area contributed by atoms with E-state index >= 15 is 0 Å². The van der Waals surface area contributed by atoms with Crippen LogP contribution in [0.1, 0.15) is 6.92 Å². The SMILES string of the molecule is CC=CC(=O)OC=O. The quantitative estimate of drug-likeness (QED) is 0.224. The first kappa shape index (κ1) is 6.88. The normalized spacial score (nSPS) is 9.12. The number of hydrogen-bond donors (Lipinski definition) is 0. The number of esters is 1. The summed E-state index contributed by atoms with van der Waals surface area (Å²) in [5, 5.41) is 0. The lowest BCUT2D eigenvalue weighted by Crippen LogP contribution is -1.96. The second-order valence-corrected chi connectivity index (χ2v) is 1.03. The maximum Gasteiger partial charge on any atom is 0.337 e. The molecule has 0 fully saturated rings. The molecule has 0 rings (SSSR count). The lowest BCUT2D eigenvalue weighted by Gasteiger charge is -1.82. The minimum atomic E-state index is -0.637. The van der Waals surface area contributed by atoms with Crippen LogP contribution in [0.25, 0.3) is 0 Å². The molecule has 0 aromatic rings. The number of carbonyl (C=O) groups excluding carboxylic acids is 2. The molecule has 0 aliphatic rings. The van der Waals surface area contributed by atoms with Gasteiger partial charge in [-0.05, 0) is 6.92 Å². The highest BCUT2D eigenvalue weighted by Gasteiger charge is 1.89. The number of carbonyl (C=O) groups is 2. The average molecular weight is 114 g/mol. The summed E-state index contributed by atoms with van der Waals surface area (Å²) in [6.07, 6.45) is 2.65. The largest absolute Gasteiger partial charge is 0.392 e. The van der Waals surface area contributed by atoms with Crippen molar-refractivity contribution in [2.24, 2.45) is 0 Å². The standard InChI is InChI=1S/C5H6O3/c1-2-3-5(7)8-4-6/h2-4H,1H3. The second-order valence-electron chi connectivity index (χ2n) is 1.03. The summed E-state index contributed by atoms with van der Waals surface area (Å²) in [6, 6.07) is 0. The van der Waals surface area contributed by atoms with Crippen molar-refractivity contribution in [3.8, 4) is 0 Å². The zero-order valence-corrected chi connectivity index (χ0v) is 4.46. The van der Waals surface area contributed by atoms with Gasteiger partial charge in [0.1, 0.15) is 0 Å². The van der Waals surface area contributed by atoms with Crippen LogP contribution in [-0.2, 0) is 14.3 Å². The highest BCUT2D eigenvalue weighted by Crippen LogP contribution is 1.74. The van der Waals surface area contributed by atoms with Gasteiger partial charge in [-0.25, -0.2) is 4.79 Å². The van der Waals surface area contributed by atoms with Gasteiger partial charge in [-0.2, -0.15) is 0 Å². The molecule has 0 spiro atoms. The number of hydrogen-bond acceptors (Lipinski definition) is 3. The van der Waals surface area contributed by atoms with Gasteiger partial charge in [0.2, 0.25) is 0 Å². The molecule has 0 N–H and O–H groups in total. The molecule has 0 amide bonds. The molecule has 0 saturated heterocycles. The Morgan fingerprint density at radius 1 is 1.62 bits per heavy atom. The van der Waals surface area contributed by atoms with Crippen LogP contribution in [0.5, 0.6) is 0 Å². The average Bonchev–Trinajstić information content (AvgIpc) is 1.68. The summed E-state index contributed by atoms with van der Waals surface area (Å²) < 4.78 is 3.88. The van der Waals surface area contributed by atoms with E-state index in [-0.39, 0.29) is 6.47 Å². The van der Waals surface area contributed by atoms with Gasteiger partial charge in [0.15, 0.2) is 0 Å². The Morgan fingerprint density at radius 3 is 2.62 bits per heavy atom. The van der Waals surface area contributed by atoms with Crippen molar-refractivity contribution >= 4 is 12.4 Å². The zero-order chi connectivity index (χ0) is 6.41. The van der Waals surface area contributed by atoms with Gasteiger partial charge < -0.3 is 4.74 Å². The van der Waals surface area contributed by atoms with Crippen LogP contribution in [0.4, 0.5) is 0 Å². The molecule has 0 aliphatic heterocycles. The Morgan fingerprint density at radius 2 is 2.25 bits per heavy atom. The molecule has 0 saturated carbocycles. The molecule has 0 bridgehead atoms. The van der Waals surface area contributed by atoms with Gasteiger partial charge in [0.05, 0.1) is 0 Å². The number of rotatable bonds is 2. The first-order valence-corrected chi connectivity index (χ1v) is 2.08. The van der Waals surface area contributed by atoms with Crippen LogP contribution >= 0.6 is 0 Å². The molecule has 0 atom stereocenters. The zero-order valence-electron chi connectivity index (χ0n) is 4.46. The van der Waals surface area contributed by atoms with Gasteiger partial charge in [0.25, 0.3) is 0 Å². The van der Waals surface area contributed by atoms with Crippen molar-refractivity contribution in [3.05, 3.63) is 12.2 Å². The van der Waals surface area contributed by atoms with Gasteiger partial charge >= 0.3 is 12.4 Å². The van der Waals surface area contributed by atoms with Gasteiger partial charge in [-0.1, -0.05) is 6.08 Å². The van der Waals surface area contributed by atoms with Gasteiger partial charge in [0, 0.05) is 6.08 Å². The van der Waals surface area contributed by atoms with E-state index in [0.717, 1.165) is 6.08 Å². The smallest absolute Gasteiger partial charge is 0.337 e. The lowest BCUT2D eigenvalue weighted by molar-refractivity contribution is -0.147. The first-order chi connectivity index (χ1) is 3.81. The van der Waals surface area contributed by atoms with Crippen molar-refractivity contribution in [2.45, 2.75) is 6.92 Å². The van der Waals surface area contributed by atoms with Crippen molar-refractivity contribution in [3.63, 3.8) is 0 Å². The van der Waals surface area contributed by atoms with Crippen LogP contribution < -0.4 is 0 Å². The molecule has 0 aromatic heterocycles. The van der Waals surface area contributed by atoms with Crippen LogP contribution in [0, 0.1) is 0 Å². The Hall–Kier alpha value is -1.12. The summed E-state index contributed by atoms with van der Waals surface area (Å²) in [7, 11) is 0. The molecule has 0 unspecified atom stereocenters. The summed E-state index contributed by atoms with van der Waals surface area (Å²) in [4.78, 5) is 19.5. The van der Waals surface area contributed by atoms with Crippen molar-refractivity contribution in [2.75, 3.05) is 0 Å².